The number of nitrogens with zero attached hydrogens (tertiary/aromatic N) is 4. The summed E-state index contributed by atoms with van der Waals surface area (Å²) >= 11 is 5.98. The van der Waals surface area contributed by atoms with E-state index in [4.69, 9.17) is 11.6 Å². The molecule has 1 aliphatic heterocycles. The molecule has 1 aromatic carbocycles. The van der Waals surface area contributed by atoms with Gasteiger partial charge >= 0.3 is 0 Å². The lowest BCUT2D eigenvalue weighted by atomic mass is 10.1. The van der Waals surface area contributed by atoms with Crippen molar-refractivity contribution >= 4 is 46.4 Å². The van der Waals surface area contributed by atoms with E-state index in [0.717, 1.165) is 11.3 Å². The van der Waals surface area contributed by atoms with Gasteiger partial charge in [0.1, 0.15) is 11.0 Å². The van der Waals surface area contributed by atoms with Crippen molar-refractivity contribution in [3.63, 3.8) is 0 Å². The maximum atomic E-state index is 13.4. The molecule has 162 valence electrons. The van der Waals surface area contributed by atoms with Crippen LogP contribution < -0.4 is 15.5 Å². The molecule has 0 spiro atoms. The number of halogens is 1. The zero-order valence-corrected chi connectivity index (χ0v) is 18.0. The van der Waals surface area contributed by atoms with Crippen LogP contribution in [0.2, 0.25) is 5.15 Å². The molecule has 33 heavy (non-hydrogen) atoms. The average molecular weight is 457 g/mol. The average Bonchev–Trinajstić information content (AvgIpc) is 3.01. The molecule has 2 amide bonds. The molecule has 0 radical (unpaired) electrons. The van der Waals surface area contributed by atoms with Crippen molar-refractivity contribution in [3.05, 3.63) is 101 Å². The summed E-state index contributed by atoms with van der Waals surface area (Å²) in [6.45, 7) is 0.374. The number of hydrogen-bond donors (Lipinski definition) is 2. The third-order valence-electron chi connectivity index (χ3n) is 5.18. The number of fused-ring (bicyclic) bond motifs is 2. The van der Waals surface area contributed by atoms with E-state index in [-0.39, 0.29) is 16.6 Å². The van der Waals surface area contributed by atoms with E-state index in [2.05, 4.69) is 25.6 Å². The van der Waals surface area contributed by atoms with Gasteiger partial charge in [-0.05, 0) is 48.0 Å². The van der Waals surface area contributed by atoms with E-state index in [1.54, 1.807) is 41.4 Å². The van der Waals surface area contributed by atoms with Crippen LogP contribution in [0.25, 0.3) is 0 Å². The fraction of sp³-hybridized carbons (Fsp3) is 0.0417. The van der Waals surface area contributed by atoms with Crippen LogP contribution in [-0.4, -0.2) is 26.8 Å². The van der Waals surface area contributed by atoms with E-state index >= 15 is 0 Å². The van der Waals surface area contributed by atoms with E-state index in [1.807, 2.05) is 30.3 Å². The van der Waals surface area contributed by atoms with Crippen molar-refractivity contribution < 1.29 is 9.59 Å². The number of aromatic nitrogens is 3. The van der Waals surface area contributed by atoms with E-state index < -0.39 is 5.91 Å². The molecular formula is C24H17ClN6O2. The van der Waals surface area contributed by atoms with Gasteiger partial charge in [0.25, 0.3) is 11.8 Å². The highest BCUT2D eigenvalue weighted by Gasteiger charge is 2.25. The number of carbonyl (C=O) groups excluding carboxylic acids is 2. The van der Waals surface area contributed by atoms with Gasteiger partial charge < -0.3 is 15.5 Å². The molecule has 0 aliphatic carbocycles. The van der Waals surface area contributed by atoms with Crippen molar-refractivity contribution in [3.8, 4) is 0 Å². The van der Waals surface area contributed by atoms with Gasteiger partial charge in [-0.15, -0.1) is 0 Å². The monoisotopic (exact) mass is 456 g/mol. The highest BCUT2D eigenvalue weighted by atomic mass is 35.5. The lowest BCUT2D eigenvalue weighted by Gasteiger charge is -2.22. The van der Waals surface area contributed by atoms with Crippen LogP contribution >= 0.6 is 11.6 Å². The zero-order chi connectivity index (χ0) is 22.8. The SMILES string of the molecule is O=C(Nc1ccc(C(=O)N2Cc3ccccc3Nc3ncccc32)cn1)c1cccnc1Cl. The summed E-state index contributed by atoms with van der Waals surface area (Å²) in [7, 11) is 0. The van der Waals surface area contributed by atoms with Gasteiger partial charge in [-0.1, -0.05) is 29.8 Å². The molecule has 0 unspecified atom stereocenters. The summed E-state index contributed by atoms with van der Waals surface area (Å²) in [5, 5.41) is 6.07. The maximum absolute atomic E-state index is 13.4. The first kappa shape index (κ1) is 20.6. The fourth-order valence-electron chi connectivity index (χ4n) is 3.54. The molecule has 9 heteroatoms. The zero-order valence-electron chi connectivity index (χ0n) is 17.2. The highest BCUT2D eigenvalue weighted by Crippen LogP contribution is 2.34. The molecule has 4 heterocycles. The van der Waals surface area contributed by atoms with Gasteiger partial charge in [-0.2, -0.15) is 0 Å². The molecule has 0 bridgehead atoms. The summed E-state index contributed by atoms with van der Waals surface area (Å²) in [6.07, 6.45) is 4.61. The Morgan fingerprint density at radius 1 is 0.939 bits per heavy atom. The molecule has 1 aliphatic rings. The predicted molar refractivity (Wildman–Crippen MR) is 126 cm³/mol. The van der Waals surface area contributed by atoms with Crippen LogP contribution in [-0.2, 0) is 6.54 Å². The Morgan fingerprint density at radius 2 is 1.76 bits per heavy atom. The van der Waals surface area contributed by atoms with Crippen molar-refractivity contribution in [2.75, 3.05) is 15.5 Å². The Balaban J connectivity index is 1.40. The molecule has 2 N–H and O–H groups in total. The molecule has 3 aromatic heterocycles. The van der Waals surface area contributed by atoms with Crippen LogP contribution in [0.3, 0.4) is 0 Å². The van der Waals surface area contributed by atoms with Gasteiger partial charge in [0.05, 0.1) is 23.4 Å². The van der Waals surface area contributed by atoms with Gasteiger partial charge in [-0.25, -0.2) is 15.0 Å². The quantitative estimate of drug-likeness (QED) is 0.434. The second-order valence-corrected chi connectivity index (χ2v) is 7.63. The van der Waals surface area contributed by atoms with Gasteiger partial charge in [0.2, 0.25) is 0 Å². The molecule has 0 saturated carbocycles. The summed E-state index contributed by atoms with van der Waals surface area (Å²) < 4.78 is 0. The number of carbonyl (C=O) groups is 2. The number of hydrogen-bond acceptors (Lipinski definition) is 6. The molecule has 0 atom stereocenters. The second kappa shape index (κ2) is 8.68. The molecule has 0 fully saturated rings. The highest BCUT2D eigenvalue weighted by molar-refractivity contribution is 6.33. The molecule has 5 rings (SSSR count). The number of nitrogens with one attached hydrogen (secondary N) is 2. The Morgan fingerprint density at radius 3 is 2.58 bits per heavy atom. The number of pyridine rings is 3. The lowest BCUT2D eigenvalue weighted by Crippen LogP contribution is -2.30. The van der Waals surface area contributed by atoms with E-state index in [1.165, 1.54) is 12.4 Å². The molecule has 8 nitrogen and oxygen atoms in total. The number of para-hydroxylation sites is 1. The summed E-state index contributed by atoms with van der Waals surface area (Å²) in [6, 6.07) is 17.8. The smallest absolute Gasteiger partial charge is 0.260 e. The minimum absolute atomic E-state index is 0.101. The Hall–Kier alpha value is -4.30. The minimum atomic E-state index is -0.435. The predicted octanol–water partition coefficient (Wildman–Crippen LogP) is 4.68. The topological polar surface area (TPSA) is 100 Å². The van der Waals surface area contributed by atoms with Crippen molar-refractivity contribution in [1.29, 1.82) is 0 Å². The number of benzene rings is 1. The summed E-state index contributed by atoms with van der Waals surface area (Å²) in [4.78, 5) is 40.1. The van der Waals surface area contributed by atoms with E-state index in [9.17, 15) is 9.59 Å². The minimum Gasteiger partial charge on any atom is -0.338 e. The third-order valence-corrected chi connectivity index (χ3v) is 5.48. The number of rotatable bonds is 3. The van der Waals surface area contributed by atoms with Crippen LogP contribution in [0.5, 0.6) is 0 Å². The third kappa shape index (κ3) is 4.11. The molecular weight excluding hydrogens is 440 g/mol. The Bertz CT molecular complexity index is 1360. The van der Waals surface area contributed by atoms with Crippen LogP contribution in [0.1, 0.15) is 26.3 Å². The summed E-state index contributed by atoms with van der Waals surface area (Å²) in [5.41, 5.74) is 3.15. The Labute approximate surface area is 194 Å². The van der Waals surface area contributed by atoms with Crippen LogP contribution in [0.15, 0.2) is 79.3 Å². The van der Waals surface area contributed by atoms with Gasteiger partial charge in [0.15, 0.2) is 5.82 Å². The van der Waals surface area contributed by atoms with E-state index in [0.29, 0.717) is 29.4 Å². The standard InChI is InChI=1S/C24H17ClN6O2/c25-21-17(6-3-11-26-21)23(32)30-20-10-9-15(13-28-20)24(33)31-14-16-5-1-2-7-18(16)29-22-19(31)8-4-12-27-22/h1-13H,14H2,(H,27,29)(H,28,30,32). The summed E-state index contributed by atoms with van der Waals surface area (Å²) in [5.74, 6) is 0.223. The first-order valence-electron chi connectivity index (χ1n) is 10.1. The fourth-order valence-corrected chi connectivity index (χ4v) is 3.75. The van der Waals surface area contributed by atoms with Crippen LogP contribution in [0, 0.1) is 0 Å². The van der Waals surface area contributed by atoms with Crippen molar-refractivity contribution in [2.24, 2.45) is 0 Å². The molecule has 4 aromatic rings. The van der Waals surface area contributed by atoms with Crippen molar-refractivity contribution in [1.82, 2.24) is 15.0 Å². The van der Waals surface area contributed by atoms with Crippen LogP contribution in [0.4, 0.5) is 23.0 Å². The molecule has 0 saturated heterocycles. The first-order chi connectivity index (χ1) is 16.1. The lowest BCUT2D eigenvalue weighted by molar-refractivity contribution is 0.0984. The van der Waals surface area contributed by atoms with Gasteiger partial charge in [-0.3, -0.25) is 9.59 Å². The first-order valence-corrected chi connectivity index (χ1v) is 10.5. The van der Waals surface area contributed by atoms with Crippen molar-refractivity contribution in [2.45, 2.75) is 6.54 Å². The maximum Gasteiger partial charge on any atom is 0.260 e. The van der Waals surface area contributed by atoms with Gasteiger partial charge in [0, 0.05) is 24.3 Å². The normalized spacial score (nSPS) is 12.1. The largest absolute Gasteiger partial charge is 0.338 e. The number of anilines is 4. The number of amides is 2. The second-order valence-electron chi connectivity index (χ2n) is 7.27. The Kier molecular flexibility index (Phi) is 5.42.